The minimum absolute atomic E-state index is 0.139. The SMILES string of the molecule is CCCCCCCCCCCCCCCCOCCOCCOCCOCCOCCOCCOCCOCCOCCOCC[N+](C)(C)CCC[N+](C)(C)/C=C/OOOOOOOOOCCOCCCCCCCCCCCCCCCC. The number of ether oxygens (including phenoxy) is 11. The van der Waals surface area contributed by atoms with Crippen LogP contribution in [0, 0.1) is 0 Å². The minimum Gasteiger partial charge on any atom is -0.379 e. The first-order valence-electron chi connectivity index (χ1n) is 33.5. The highest BCUT2D eigenvalue weighted by Crippen LogP contribution is 2.15. The van der Waals surface area contributed by atoms with Gasteiger partial charge in [-0.15, -0.1) is 0 Å². The molecular weight excluding hydrogens is 1100 g/mol. The molecule has 0 atom stereocenters. The summed E-state index contributed by atoms with van der Waals surface area (Å²) in [5.74, 6) is 0. The quantitative estimate of drug-likeness (QED) is 0.0184. The normalized spacial score (nSPS) is 12.3. The summed E-state index contributed by atoms with van der Waals surface area (Å²) in [7, 11) is 8.45. The first-order chi connectivity index (χ1) is 41.8. The molecule has 510 valence electrons. The second-order valence-electron chi connectivity index (χ2n) is 22.8. The van der Waals surface area contributed by atoms with Crippen molar-refractivity contribution in [2.24, 2.45) is 0 Å². The van der Waals surface area contributed by atoms with Crippen molar-refractivity contribution in [3.8, 4) is 0 Å². The van der Waals surface area contributed by atoms with Crippen LogP contribution >= 0.6 is 0 Å². The number of likely N-dealkylation sites (N-methyl/N-ethyl adjacent to an activating group) is 1. The average molecular weight is 1240 g/mol. The molecule has 0 rings (SSSR count). The summed E-state index contributed by atoms with van der Waals surface area (Å²) in [5.41, 5.74) is 0. The molecule has 0 N–H and O–H groups in total. The zero-order chi connectivity index (χ0) is 61.4. The number of hydrogen-bond acceptors (Lipinski definition) is 20. The van der Waals surface area contributed by atoms with Gasteiger partial charge in [0.25, 0.3) is 0 Å². The topological polar surface area (TPSA) is 185 Å². The highest BCUT2D eigenvalue weighted by Gasteiger charge is 2.19. The third-order valence-electron chi connectivity index (χ3n) is 14.1. The third kappa shape index (κ3) is 75.1. The summed E-state index contributed by atoms with van der Waals surface area (Å²) in [4.78, 5) is 9.54. The van der Waals surface area contributed by atoms with E-state index in [1.165, 1.54) is 173 Å². The van der Waals surface area contributed by atoms with Gasteiger partial charge in [0.05, 0.1) is 173 Å². The molecule has 0 spiro atoms. The van der Waals surface area contributed by atoms with Crippen LogP contribution in [0.25, 0.3) is 0 Å². The first-order valence-corrected chi connectivity index (χ1v) is 33.5. The predicted octanol–water partition coefficient (Wildman–Crippen LogP) is 12.6. The molecule has 0 radical (unpaired) electrons. The van der Waals surface area contributed by atoms with Crippen LogP contribution in [0.5, 0.6) is 0 Å². The van der Waals surface area contributed by atoms with Gasteiger partial charge in [-0.1, -0.05) is 181 Å². The molecule has 0 heterocycles. The van der Waals surface area contributed by atoms with Crippen molar-refractivity contribution in [2.75, 3.05) is 200 Å². The number of hydrogen-bond donors (Lipinski definition) is 0. The van der Waals surface area contributed by atoms with E-state index in [9.17, 15) is 0 Å². The van der Waals surface area contributed by atoms with E-state index < -0.39 is 0 Å². The molecular formula is C63H130N2O20+2. The Bertz CT molecular complexity index is 1270. The van der Waals surface area contributed by atoms with Crippen molar-refractivity contribution < 1.29 is 106 Å². The van der Waals surface area contributed by atoms with Crippen molar-refractivity contribution >= 4 is 0 Å². The average Bonchev–Trinajstić information content (AvgIpc) is 3.49. The summed E-state index contributed by atoms with van der Waals surface area (Å²) in [6.45, 7) is 19.4. The molecule has 85 heavy (non-hydrogen) atoms. The Labute approximate surface area is 516 Å². The molecule has 0 aliphatic rings. The molecule has 0 aromatic rings. The van der Waals surface area contributed by atoms with Crippen molar-refractivity contribution in [1.82, 2.24) is 0 Å². The fourth-order valence-electron chi connectivity index (χ4n) is 8.82. The fourth-order valence-corrected chi connectivity index (χ4v) is 8.82. The minimum atomic E-state index is 0.139. The van der Waals surface area contributed by atoms with Gasteiger partial charge in [0, 0.05) is 39.8 Å². The molecule has 0 unspecified atom stereocenters. The van der Waals surface area contributed by atoms with E-state index in [4.69, 9.17) is 61.9 Å². The lowest BCUT2D eigenvalue weighted by Crippen LogP contribution is -2.45. The van der Waals surface area contributed by atoms with Gasteiger partial charge >= 0.3 is 0 Å². The van der Waals surface area contributed by atoms with Crippen LogP contribution in [-0.4, -0.2) is 209 Å². The molecule has 0 saturated heterocycles. The van der Waals surface area contributed by atoms with Crippen LogP contribution < -0.4 is 0 Å². The van der Waals surface area contributed by atoms with Crippen LogP contribution in [0.15, 0.2) is 12.5 Å². The fraction of sp³-hybridized carbons (Fsp3) is 0.968. The lowest BCUT2D eigenvalue weighted by atomic mass is 10.0. The van der Waals surface area contributed by atoms with Crippen molar-refractivity contribution in [3.05, 3.63) is 12.5 Å². The van der Waals surface area contributed by atoms with Crippen LogP contribution in [0.4, 0.5) is 0 Å². The second-order valence-corrected chi connectivity index (χ2v) is 22.8. The zero-order valence-corrected chi connectivity index (χ0v) is 55.1. The van der Waals surface area contributed by atoms with E-state index >= 15 is 0 Å². The molecule has 22 heteroatoms. The predicted molar refractivity (Wildman–Crippen MR) is 327 cm³/mol. The highest BCUT2D eigenvalue weighted by molar-refractivity contribution is 4.60. The van der Waals surface area contributed by atoms with E-state index in [-0.39, 0.29) is 6.61 Å². The van der Waals surface area contributed by atoms with Gasteiger partial charge in [0.1, 0.15) is 19.4 Å². The van der Waals surface area contributed by atoms with Gasteiger partial charge in [-0.05, 0) is 28.0 Å². The maximum atomic E-state index is 5.82. The number of rotatable bonds is 77. The maximum Gasteiger partial charge on any atom is 0.185 e. The Balaban J connectivity index is 3.34. The lowest BCUT2D eigenvalue weighted by molar-refractivity contribution is -0.897. The summed E-state index contributed by atoms with van der Waals surface area (Å²) in [5, 5.41) is 29.3. The summed E-state index contributed by atoms with van der Waals surface area (Å²) in [6, 6.07) is 0. The van der Waals surface area contributed by atoms with E-state index in [2.05, 4.69) is 63.2 Å². The molecule has 0 saturated carbocycles. The van der Waals surface area contributed by atoms with E-state index in [1.54, 1.807) is 6.20 Å². The number of quaternary nitrogens is 2. The summed E-state index contributed by atoms with van der Waals surface area (Å²) < 4.78 is 63.1. The van der Waals surface area contributed by atoms with Gasteiger partial charge in [-0.3, -0.25) is 4.48 Å². The standard InChI is InChI=1S/C63H130N2O20/c1-7-9-11-13-15-17-19-21-23-25-27-29-31-33-40-66-44-46-69-48-50-71-52-54-73-56-58-75-60-61-76-59-57-74-55-53-72-51-49-70-47-45-68-42-38-64(3,4)36-35-37-65(5,6)39-43-77-79-81-83-85-84-82-80-78-63-62-67-41-34-32-30-28-26-24-22-20-18-16-14-12-10-8-2/h39,43H,7-38,40-42,44-63H2,1-6H3/q+2/b43-39+. The molecule has 0 amide bonds. The van der Waals surface area contributed by atoms with Crippen molar-refractivity contribution in [3.63, 3.8) is 0 Å². The van der Waals surface area contributed by atoms with Crippen LogP contribution in [0.3, 0.4) is 0 Å². The molecule has 0 aliphatic carbocycles. The van der Waals surface area contributed by atoms with Crippen LogP contribution in [0.2, 0.25) is 0 Å². The number of nitrogens with zero attached hydrogens (tertiary/aromatic N) is 2. The van der Waals surface area contributed by atoms with Crippen LogP contribution in [-0.2, 0) is 97.1 Å². The Kier molecular flexibility index (Phi) is 70.7. The Morgan fingerprint density at radius 2 is 0.482 bits per heavy atom. The monoisotopic (exact) mass is 1230 g/mol. The summed E-state index contributed by atoms with van der Waals surface area (Å²) >= 11 is 0. The third-order valence-corrected chi connectivity index (χ3v) is 14.1. The molecule has 0 aliphatic heterocycles. The van der Waals surface area contributed by atoms with E-state index in [1.807, 2.05) is 14.1 Å². The Morgan fingerprint density at radius 3 is 0.812 bits per heavy atom. The Hall–Kier alpha value is -1.30. The van der Waals surface area contributed by atoms with Crippen molar-refractivity contribution in [1.29, 1.82) is 0 Å². The number of unbranched alkanes of at least 4 members (excludes halogenated alkanes) is 26. The first kappa shape index (κ1) is 83.7. The van der Waals surface area contributed by atoms with Gasteiger partial charge in [-0.2, -0.15) is 0 Å². The zero-order valence-electron chi connectivity index (χ0n) is 55.1. The molecule has 22 nitrogen and oxygen atoms in total. The van der Waals surface area contributed by atoms with E-state index in [0.717, 1.165) is 50.0 Å². The van der Waals surface area contributed by atoms with E-state index in [0.29, 0.717) is 143 Å². The van der Waals surface area contributed by atoms with Gasteiger partial charge < -0.3 is 61.5 Å². The smallest absolute Gasteiger partial charge is 0.185 e. The second kappa shape index (κ2) is 71.8. The Morgan fingerprint density at radius 1 is 0.224 bits per heavy atom. The van der Waals surface area contributed by atoms with Gasteiger partial charge in [-0.25, -0.2) is 4.89 Å². The summed E-state index contributed by atoms with van der Waals surface area (Å²) in [6.07, 6.45) is 41.8. The molecule has 0 bridgehead atoms. The van der Waals surface area contributed by atoms with Gasteiger partial charge in [0.2, 0.25) is 0 Å². The van der Waals surface area contributed by atoms with Crippen molar-refractivity contribution in [2.45, 2.75) is 200 Å². The van der Waals surface area contributed by atoms with Crippen LogP contribution in [0.1, 0.15) is 200 Å². The van der Waals surface area contributed by atoms with Gasteiger partial charge in [0.15, 0.2) is 6.26 Å². The lowest BCUT2D eigenvalue weighted by Gasteiger charge is -2.31. The maximum absolute atomic E-state index is 5.82. The molecule has 0 fully saturated rings. The molecule has 0 aromatic heterocycles. The highest BCUT2D eigenvalue weighted by atomic mass is 17.9. The largest absolute Gasteiger partial charge is 0.379 e. The molecule has 0 aromatic carbocycles.